The van der Waals surface area contributed by atoms with Crippen LogP contribution in [0.2, 0.25) is 0 Å². The maximum Gasteiger partial charge on any atom is 0.366 e. The molecular weight excluding hydrogens is 311 g/mol. The molecule has 0 aromatic heterocycles. The monoisotopic (exact) mass is 344 g/mol. The van der Waals surface area contributed by atoms with E-state index in [2.05, 4.69) is 61.1 Å². The fraction of sp³-hybridized carbons (Fsp3) is 1.00. The van der Waals surface area contributed by atoms with Crippen LogP contribution in [0.5, 0.6) is 0 Å². The quantitative estimate of drug-likeness (QED) is 0.714. The molecule has 2 bridgehead atoms. The number of nitrogens with zero attached hydrogens (tertiary/aromatic N) is 4. The lowest BCUT2D eigenvalue weighted by Gasteiger charge is -2.57. The molecule has 0 aliphatic carbocycles. The van der Waals surface area contributed by atoms with Gasteiger partial charge in [-0.3, -0.25) is 4.90 Å². The second-order valence-electron chi connectivity index (χ2n) is 7.56. The van der Waals surface area contributed by atoms with E-state index in [1.807, 2.05) is 0 Å². The molecule has 1 atom stereocenters. The molecule has 3 saturated heterocycles. The molecule has 3 aliphatic rings. The Morgan fingerprint density at radius 1 is 0.739 bits per heavy atom. The van der Waals surface area contributed by atoms with Crippen LogP contribution in [0.1, 0.15) is 41.5 Å². The Bertz CT molecular complexity index is 380. The van der Waals surface area contributed by atoms with Crippen molar-refractivity contribution in [1.29, 1.82) is 0 Å². The van der Waals surface area contributed by atoms with Crippen LogP contribution in [0.25, 0.3) is 0 Å². The Morgan fingerprint density at radius 2 is 1.04 bits per heavy atom. The number of hydrogen-bond donors (Lipinski definition) is 0. The standard InChI is InChI=1S/C16H33N4O2P/c1-13(2)18-10-7-17-8-11-19(14(3)4)16(18,23(21)22)20(12-9-17)15(5)6/h13-15H,7-12H2,1-6H3. The van der Waals surface area contributed by atoms with Gasteiger partial charge in [0.05, 0.1) is 0 Å². The van der Waals surface area contributed by atoms with Crippen LogP contribution < -0.4 is 4.89 Å². The van der Waals surface area contributed by atoms with E-state index in [-0.39, 0.29) is 18.1 Å². The Balaban J connectivity index is 2.67. The lowest BCUT2D eigenvalue weighted by atomic mass is 10.1. The summed E-state index contributed by atoms with van der Waals surface area (Å²) in [4.78, 5) is 21.9. The minimum Gasteiger partial charge on any atom is -0.592 e. The lowest BCUT2D eigenvalue weighted by Crippen LogP contribution is -2.76. The molecule has 134 valence electrons. The van der Waals surface area contributed by atoms with Gasteiger partial charge < -0.3 is 4.89 Å². The molecule has 3 heterocycles. The van der Waals surface area contributed by atoms with Crippen molar-refractivity contribution in [1.82, 2.24) is 19.6 Å². The van der Waals surface area contributed by atoms with E-state index in [4.69, 9.17) is 0 Å². The van der Waals surface area contributed by atoms with Crippen LogP contribution >= 0.6 is 8.03 Å². The van der Waals surface area contributed by atoms with Crippen molar-refractivity contribution in [3.63, 3.8) is 0 Å². The van der Waals surface area contributed by atoms with Crippen LogP contribution in [0, 0.1) is 0 Å². The summed E-state index contributed by atoms with van der Waals surface area (Å²) in [5.41, 5.74) is -1.02. The normalized spacial score (nSPS) is 32.4. The lowest BCUT2D eigenvalue weighted by molar-refractivity contribution is -0.229. The summed E-state index contributed by atoms with van der Waals surface area (Å²) in [5, 5.41) is 0. The fourth-order valence-corrected chi connectivity index (χ4v) is 5.78. The molecule has 1 unspecified atom stereocenters. The molecule has 0 aromatic carbocycles. The van der Waals surface area contributed by atoms with Gasteiger partial charge in [0.2, 0.25) is 0 Å². The van der Waals surface area contributed by atoms with E-state index in [1.165, 1.54) is 0 Å². The zero-order chi connectivity index (χ0) is 17.4. The number of rotatable bonds is 4. The van der Waals surface area contributed by atoms with E-state index in [9.17, 15) is 9.46 Å². The van der Waals surface area contributed by atoms with Gasteiger partial charge in [0.15, 0.2) is 0 Å². The first-order valence-corrected chi connectivity index (χ1v) is 10.1. The average molecular weight is 344 g/mol. The van der Waals surface area contributed by atoms with Crippen molar-refractivity contribution in [3.8, 4) is 0 Å². The van der Waals surface area contributed by atoms with Gasteiger partial charge in [-0.1, -0.05) is 4.57 Å². The highest BCUT2D eigenvalue weighted by Gasteiger charge is 2.62. The molecule has 6 nitrogen and oxygen atoms in total. The minimum absolute atomic E-state index is 0.170. The van der Waals surface area contributed by atoms with E-state index in [0.29, 0.717) is 0 Å². The molecule has 3 aliphatic heterocycles. The summed E-state index contributed by atoms with van der Waals surface area (Å²) >= 11 is 0. The summed E-state index contributed by atoms with van der Waals surface area (Å²) in [6, 6.07) is 0.510. The summed E-state index contributed by atoms with van der Waals surface area (Å²) in [6.45, 7) is 17.8. The molecule has 7 heteroatoms. The Morgan fingerprint density at radius 3 is 1.26 bits per heavy atom. The predicted molar refractivity (Wildman–Crippen MR) is 92.3 cm³/mol. The van der Waals surface area contributed by atoms with Gasteiger partial charge in [0.1, 0.15) is 0 Å². The SMILES string of the molecule is CC(C)N1CCN2CCN(C(C)C)C1([P+](=O)[O-])N(C(C)C)CC2. The van der Waals surface area contributed by atoms with Gasteiger partial charge in [0, 0.05) is 57.4 Å². The highest BCUT2D eigenvalue weighted by Crippen LogP contribution is 2.46. The van der Waals surface area contributed by atoms with Crippen molar-refractivity contribution in [2.45, 2.75) is 65.2 Å². The zero-order valence-corrected chi connectivity index (χ0v) is 16.4. The number of fused-ring (bicyclic) bond motifs is 6. The molecule has 0 amide bonds. The summed E-state index contributed by atoms with van der Waals surface area (Å²) < 4.78 is 12.8. The van der Waals surface area contributed by atoms with Crippen LogP contribution in [0.15, 0.2) is 0 Å². The van der Waals surface area contributed by atoms with Crippen molar-refractivity contribution < 1.29 is 9.46 Å². The third-order valence-corrected chi connectivity index (χ3v) is 6.50. The van der Waals surface area contributed by atoms with Crippen molar-refractivity contribution in [2.24, 2.45) is 0 Å². The molecule has 0 spiro atoms. The summed E-state index contributed by atoms with van der Waals surface area (Å²) in [6.07, 6.45) is 0. The van der Waals surface area contributed by atoms with Gasteiger partial charge in [0.25, 0.3) is 0 Å². The van der Waals surface area contributed by atoms with Crippen molar-refractivity contribution in [2.75, 3.05) is 39.3 Å². The Labute approximate surface area is 142 Å². The van der Waals surface area contributed by atoms with E-state index >= 15 is 0 Å². The molecule has 0 aromatic rings. The van der Waals surface area contributed by atoms with E-state index in [1.54, 1.807) is 0 Å². The third kappa shape index (κ3) is 3.35. The molecule has 3 fully saturated rings. The topological polar surface area (TPSA) is 53.1 Å². The van der Waals surface area contributed by atoms with Crippen LogP contribution in [-0.2, 0) is 4.57 Å². The van der Waals surface area contributed by atoms with Gasteiger partial charge in [-0.05, 0) is 41.5 Å². The van der Waals surface area contributed by atoms with Gasteiger partial charge in [-0.15, -0.1) is 0 Å². The highest BCUT2D eigenvalue weighted by atomic mass is 31.1. The highest BCUT2D eigenvalue weighted by molar-refractivity contribution is 7.38. The summed E-state index contributed by atoms with van der Waals surface area (Å²) in [5.74, 6) is 0. The summed E-state index contributed by atoms with van der Waals surface area (Å²) in [7, 11) is -2.67. The molecule has 0 saturated carbocycles. The molecule has 3 rings (SSSR count). The van der Waals surface area contributed by atoms with E-state index < -0.39 is 13.6 Å². The third-order valence-electron chi connectivity index (χ3n) is 5.24. The van der Waals surface area contributed by atoms with Crippen LogP contribution in [-0.4, -0.2) is 82.5 Å². The first kappa shape index (κ1) is 19.2. The predicted octanol–water partition coefficient (Wildman–Crippen LogP) is 1.16. The molecule has 23 heavy (non-hydrogen) atoms. The second kappa shape index (κ2) is 7.42. The van der Waals surface area contributed by atoms with Crippen molar-refractivity contribution >= 4 is 8.03 Å². The van der Waals surface area contributed by atoms with Gasteiger partial charge >= 0.3 is 13.6 Å². The zero-order valence-electron chi connectivity index (χ0n) is 15.5. The molecular formula is C16H33N4O2P. The minimum atomic E-state index is -2.67. The first-order valence-electron chi connectivity index (χ1n) is 8.90. The molecule has 0 radical (unpaired) electrons. The maximum atomic E-state index is 12.8. The average Bonchev–Trinajstić information content (AvgIpc) is 2.35. The van der Waals surface area contributed by atoms with Gasteiger partial charge in [-0.2, -0.15) is 0 Å². The first-order chi connectivity index (χ1) is 10.7. The van der Waals surface area contributed by atoms with Crippen LogP contribution in [0.4, 0.5) is 0 Å². The largest absolute Gasteiger partial charge is 0.592 e. The van der Waals surface area contributed by atoms with Gasteiger partial charge in [-0.25, -0.2) is 14.7 Å². The smallest absolute Gasteiger partial charge is 0.366 e. The fourth-order valence-electron chi connectivity index (χ4n) is 4.16. The van der Waals surface area contributed by atoms with Crippen molar-refractivity contribution in [3.05, 3.63) is 0 Å². The van der Waals surface area contributed by atoms with Crippen LogP contribution in [0.3, 0.4) is 0 Å². The van der Waals surface area contributed by atoms with E-state index in [0.717, 1.165) is 39.3 Å². The maximum absolute atomic E-state index is 12.8. The second-order valence-corrected chi connectivity index (χ2v) is 8.67. The Hall–Kier alpha value is -0.100. The Kier molecular flexibility index (Phi) is 6.21. The number of hydrogen-bond acceptors (Lipinski definition) is 6. The molecule has 0 N–H and O–H groups in total.